The third-order valence-electron chi connectivity index (χ3n) is 5.23. The first kappa shape index (κ1) is 16.7. The quantitative estimate of drug-likeness (QED) is 0.849. The van der Waals surface area contributed by atoms with Crippen LogP contribution in [0, 0.1) is 0 Å². The van der Waals surface area contributed by atoms with Crippen molar-refractivity contribution in [3.05, 3.63) is 34.9 Å². The number of piperazine rings is 1. The van der Waals surface area contributed by atoms with Gasteiger partial charge in [-0.1, -0.05) is 30.7 Å². The van der Waals surface area contributed by atoms with Crippen molar-refractivity contribution in [1.82, 2.24) is 14.7 Å². The monoisotopic (exact) mass is 335 g/mol. The number of halogens is 1. The Balaban J connectivity index is 1.53. The van der Waals surface area contributed by atoms with Gasteiger partial charge in [0.2, 0.25) is 0 Å². The molecule has 23 heavy (non-hydrogen) atoms. The number of benzene rings is 1. The summed E-state index contributed by atoms with van der Waals surface area (Å²) in [5, 5.41) is 0.551. The van der Waals surface area contributed by atoms with Gasteiger partial charge in [0.1, 0.15) is 0 Å². The van der Waals surface area contributed by atoms with E-state index in [2.05, 4.69) is 16.7 Å². The smallest absolute Gasteiger partial charge is 0.255 e. The Labute approximate surface area is 144 Å². The predicted octanol–water partition coefficient (Wildman–Crippen LogP) is 2.58. The fourth-order valence-electron chi connectivity index (χ4n) is 3.68. The maximum Gasteiger partial charge on any atom is 0.255 e. The van der Waals surface area contributed by atoms with Gasteiger partial charge in [0.05, 0.1) is 10.6 Å². The lowest BCUT2D eigenvalue weighted by molar-refractivity contribution is 0.0490. The summed E-state index contributed by atoms with van der Waals surface area (Å²) in [6.45, 7) is 9.73. The van der Waals surface area contributed by atoms with E-state index in [0.29, 0.717) is 16.6 Å². The SMILES string of the molecule is CCN1CCN(C2CCN(C(=O)c3ccccc3Cl)CC2)CC1. The number of hydrogen-bond donors (Lipinski definition) is 0. The molecule has 126 valence electrons. The molecule has 1 aromatic rings. The van der Waals surface area contributed by atoms with Gasteiger partial charge in [-0.05, 0) is 31.5 Å². The van der Waals surface area contributed by atoms with E-state index in [1.54, 1.807) is 6.07 Å². The van der Waals surface area contributed by atoms with Crippen LogP contribution in [0.1, 0.15) is 30.1 Å². The number of piperidine rings is 1. The lowest BCUT2D eigenvalue weighted by Gasteiger charge is -2.42. The van der Waals surface area contributed by atoms with Crippen LogP contribution in [0.15, 0.2) is 24.3 Å². The average molecular weight is 336 g/mol. The molecule has 0 bridgehead atoms. The van der Waals surface area contributed by atoms with E-state index in [1.165, 1.54) is 13.1 Å². The van der Waals surface area contributed by atoms with E-state index >= 15 is 0 Å². The van der Waals surface area contributed by atoms with Crippen molar-refractivity contribution in [3.63, 3.8) is 0 Å². The van der Waals surface area contributed by atoms with Gasteiger partial charge < -0.3 is 9.80 Å². The Kier molecular flexibility index (Phi) is 5.57. The molecule has 2 aliphatic heterocycles. The summed E-state index contributed by atoms with van der Waals surface area (Å²) in [6, 6.07) is 7.97. The molecule has 3 rings (SSSR count). The van der Waals surface area contributed by atoms with Crippen molar-refractivity contribution in [2.45, 2.75) is 25.8 Å². The largest absolute Gasteiger partial charge is 0.338 e. The Morgan fingerprint density at radius 3 is 2.35 bits per heavy atom. The lowest BCUT2D eigenvalue weighted by Crippen LogP contribution is -2.53. The zero-order valence-corrected chi connectivity index (χ0v) is 14.6. The van der Waals surface area contributed by atoms with Crippen molar-refractivity contribution in [3.8, 4) is 0 Å². The Morgan fingerprint density at radius 2 is 1.74 bits per heavy atom. The average Bonchev–Trinajstić information content (AvgIpc) is 2.62. The Bertz CT molecular complexity index is 535. The number of rotatable bonds is 3. The van der Waals surface area contributed by atoms with E-state index in [1.807, 2.05) is 23.1 Å². The number of likely N-dealkylation sites (N-methyl/N-ethyl adjacent to an activating group) is 1. The van der Waals surface area contributed by atoms with Crippen LogP contribution < -0.4 is 0 Å². The van der Waals surface area contributed by atoms with Gasteiger partial charge >= 0.3 is 0 Å². The Hall–Kier alpha value is -1.10. The van der Waals surface area contributed by atoms with Crippen LogP contribution in [-0.4, -0.2) is 72.5 Å². The van der Waals surface area contributed by atoms with Crippen LogP contribution in [0.4, 0.5) is 0 Å². The highest BCUT2D eigenvalue weighted by molar-refractivity contribution is 6.33. The van der Waals surface area contributed by atoms with Crippen molar-refractivity contribution in [2.24, 2.45) is 0 Å². The van der Waals surface area contributed by atoms with Gasteiger partial charge in [-0.25, -0.2) is 0 Å². The molecule has 0 saturated carbocycles. The molecule has 2 aliphatic rings. The maximum absolute atomic E-state index is 12.6. The minimum Gasteiger partial charge on any atom is -0.338 e. The molecule has 4 nitrogen and oxygen atoms in total. The summed E-state index contributed by atoms with van der Waals surface area (Å²) >= 11 is 6.16. The number of carbonyl (C=O) groups excluding carboxylic acids is 1. The summed E-state index contributed by atoms with van der Waals surface area (Å²) in [6.07, 6.45) is 2.14. The molecular weight excluding hydrogens is 310 g/mol. The standard InChI is InChI=1S/C18H26ClN3O/c1-2-20-11-13-21(14-12-20)15-7-9-22(10-8-15)18(23)16-5-3-4-6-17(16)19/h3-6,15H,2,7-14H2,1H3. The molecule has 0 aromatic heterocycles. The van der Waals surface area contributed by atoms with E-state index in [4.69, 9.17) is 11.6 Å². The Morgan fingerprint density at radius 1 is 1.09 bits per heavy atom. The zero-order valence-electron chi connectivity index (χ0n) is 13.9. The highest BCUT2D eigenvalue weighted by atomic mass is 35.5. The summed E-state index contributed by atoms with van der Waals surface area (Å²) < 4.78 is 0. The first-order valence-electron chi connectivity index (χ1n) is 8.69. The van der Waals surface area contributed by atoms with E-state index < -0.39 is 0 Å². The predicted molar refractivity (Wildman–Crippen MR) is 94.1 cm³/mol. The van der Waals surface area contributed by atoms with Crippen molar-refractivity contribution in [1.29, 1.82) is 0 Å². The van der Waals surface area contributed by atoms with Crippen molar-refractivity contribution in [2.75, 3.05) is 45.8 Å². The molecule has 1 aromatic carbocycles. The number of carbonyl (C=O) groups is 1. The van der Waals surface area contributed by atoms with Gasteiger partial charge in [-0.2, -0.15) is 0 Å². The highest BCUT2D eigenvalue weighted by Crippen LogP contribution is 2.22. The van der Waals surface area contributed by atoms with Crippen molar-refractivity contribution < 1.29 is 4.79 Å². The third kappa shape index (κ3) is 3.87. The molecule has 0 N–H and O–H groups in total. The molecule has 2 fully saturated rings. The molecule has 2 heterocycles. The topological polar surface area (TPSA) is 26.8 Å². The van der Waals surface area contributed by atoms with Crippen molar-refractivity contribution >= 4 is 17.5 Å². The molecule has 5 heteroatoms. The fourth-order valence-corrected chi connectivity index (χ4v) is 3.90. The summed E-state index contributed by atoms with van der Waals surface area (Å²) in [4.78, 5) is 19.7. The number of nitrogens with zero attached hydrogens (tertiary/aromatic N) is 3. The summed E-state index contributed by atoms with van der Waals surface area (Å²) in [5.74, 6) is 0.0739. The van der Waals surface area contributed by atoms with Gasteiger partial charge in [-0.15, -0.1) is 0 Å². The van der Waals surface area contributed by atoms with Gasteiger partial charge in [0.25, 0.3) is 5.91 Å². The summed E-state index contributed by atoms with van der Waals surface area (Å²) in [5.41, 5.74) is 0.629. The summed E-state index contributed by atoms with van der Waals surface area (Å²) in [7, 11) is 0. The second-order valence-electron chi connectivity index (χ2n) is 6.47. The van der Waals surface area contributed by atoms with Gasteiger partial charge in [0, 0.05) is 45.3 Å². The van der Waals surface area contributed by atoms with Crippen LogP contribution in [0.2, 0.25) is 5.02 Å². The normalized spacial score (nSPS) is 21.6. The lowest BCUT2D eigenvalue weighted by atomic mass is 10.0. The minimum atomic E-state index is 0.0739. The molecular formula is C18H26ClN3O. The van der Waals surface area contributed by atoms with E-state index in [9.17, 15) is 4.79 Å². The fraction of sp³-hybridized carbons (Fsp3) is 0.611. The molecule has 1 amide bonds. The molecule has 0 aliphatic carbocycles. The first-order chi connectivity index (χ1) is 11.2. The number of amides is 1. The van der Waals surface area contributed by atoms with Gasteiger partial charge in [-0.3, -0.25) is 9.69 Å². The van der Waals surface area contributed by atoms with E-state index in [-0.39, 0.29) is 5.91 Å². The van der Waals surface area contributed by atoms with E-state index in [0.717, 1.165) is 45.6 Å². The van der Waals surface area contributed by atoms with Crippen LogP contribution in [0.25, 0.3) is 0 Å². The number of likely N-dealkylation sites (tertiary alicyclic amines) is 1. The molecule has 0 atom stereocenters. The second-order valence-corrected chi connectivity index (χ2v) is 6.88. The molecule has 0 radical (unpaired) electrons. The molecule has 0 spiro atoms. The minimum absolute atomic E-state index is 0.0739. The maximum atomic E-state index is 12.6. The van der Waals surface area contributed by atoms with Crippen LogP contribution in [-0.2, 0) is 0 Å². The zero-order chi connectivity index (χ0) is 16.2. The number of hydrogen-bond acceptors (Lipinski definition) is 3. The van der Waals surface area contributed by atoms with Crippen LogP contribution in [0.5, 0.6) is 0 Å². The van der Waals surface area contributed by atoms with Crippen LogP contribution in [0.3, 0.4) is 0 Å². The molecule has 2 saturated heterocycles. The van der Waals surface area contributed by atoms with Gasteiger partial charge in [0.15, 0.2) is 0 Å². The van der Waals surface area contributed by atoms with Crippen LogP contribution >= 0.6 is 11.6 Å². The highest BCUT2D eigenvalue weighted by Gasteiger charge is 2.29. The first-order valence-corrected chi connectivity index (χ1v) is 9.07. The third-order valence-corrected chi connectivity index (χ3v) is 5.56. The molecule has 0 unspecified atom stereocenters. The second kappa shape index (κ2) is 7.65.